The topological polar surface area (TPSA) is 75.3 Å². The third kappa shape index (κ3) is 5.69. The molecule has 1 amide bonds. The molecule has 8 heteroatoms. The predicted octanol–water partition coefficient (Wildman–Crippen LogP) is 2.25. The highest BCUT2D eigenvalue weighted by Gasteiger charge is 2.08. The van der Waals surface area contributed by atoms with Crippen molar-refractivity contribution >= 4 is 50.1 Å². The van der Waals surface area contributed by atoms with Gasteiger partial charge in [0.25, 0.3) is 0 Å². The van der Waals surface area contributed by atoms with Crippen LogP contribution in [0.25, 0.3) is 10.8 Å². The number of sulfonamides is 1. The van der Waals surface area contributed by atoms with Crippen molar-refractivity contribution in [1.29, 1.82) is 0 Å². The molecule has 0 aliphatic rings. The van der Waals surface area contributed by atoms with E-state index in [1.54, 1.807) is 0 Å². The molecule has 2 N–H and O–H groups in total. The van der Waals surface area contributed by atoms with Gasteiger partial charge in [-0.05, 0) is 17.5 Å². The Kier molecular flexibility index (Phi) is 6.29. The summed E-state index contributed by atoms with van der Waals surface area (Å²) in [6.45, 7) is 0.429. The fourth-order valence-electron chi connectivity index (χ4n) is 2.02. The first kappa shape index (κ1) is 18.1. The number of nitrogens with one attached hydrogen (secondary N) is 2. The summed E-state index contributed by atoms with van der Waals surface area (Å²) in [5.74, 6) is 0.0813. The van der Waals surface area contributed by atoms with Crippen LogP contribution < -0.4 is 10.0 Å². The maximum absolute atomic E-state index is 11.8. The van der Waals surface area contributed by atoms with Gasteiger partial charge in [-0.1, -0.05) is 35.9 Å². The van der Waals surface area contributed by atoms with Gasteiger partial charge in [0.05, 0.1) is 12.0 Å². The molecule has 2 rings (SSSR count). The molecule has 0 aliphatic carbocycles. The molecule has 0 radical (unpaired) electrons. The highest BCUT2D eigenvalue weighted by molar-refractivity contribution is 8.00. The molecule has 0 aromatic heterocycles. The van der Waals surface area contributed by atoms with E-state index in [4.69, 9.17) is 11.6 Å². The molecule has 0 saturated heterocycles. The van der Waals surface area contributed by atoms with Crippen LogP contribution in [0.5, 0.6) is 0 Å². The smallest absolute Gasteiger partial charge is 0.230 e. The zero-order valence-electron chi connectivity index (χ0n) is 12.5. The lowest BCUT2D eigenvalue weighted by molar-refractivity contribution is -0.118. The van der Waals surface area contributed by atoms with Gasteiger partial charge < -0.3 is 5.32 Å². The molecule has 0 saturated carbocycles. The van der Waals surface area contributed by atoms with Gasteiger partial charge in [0, 0.05) is 28.4 Å². The highest BCUT2D eigenvalue weighted by Crippen LogP contribution is 2.32. The predicted molar refractivity (Wildman–Crippen MR) is 95.5 cm³/mol. The summed E-state index contributed by atoms with van der Waals surface area (Å²) in [4.78, 5) is 12.8. The average molecular weight is 373 g/mol. The molecule has 124 valence electrons. The molecule has 5 nitrogen and oxygen atoms in total. The van der Waals surface area contributed by atoms with E-state index in [9.17, 15) is 13.2 Å². The van der Waals surface area contributed by atoms with Crippen molar-refractivity contribution < 1.29 is 13.2 Å². The molecule has 0 heterocycles. The van der Waals surface area contributed by atoms with Gasteiger partial charge in [-0.25, -0.2) is 13.1 Å². The van der Waals surface area contributed by atoms with E-state index in [1.165, 1.54) is 11.8 Å². The van der Waals surface area contributed by atoms with Gasteiger partial charge in [-0.2, -0.15) is 0 Å². The van der Waals surface area contributed by atoms with Crippen LogP contribution in [-0.4, -0.2) is 39.4 Å². The quantitative estimate of drug-likeness (QED) is 0.577. The molecular formula is C15H17ClN2O3S2. The molecule has 0 aliphatic heterocycles. The minimum Gasteiger partial charge on any atom is -0.354 e. The minimum atomic E-state index is -3.23. The number of carbonyl (C=O) groups is 1. The highest BCUT2D eigenvalue weighted by atomic mass is 35.5. The Hall–Kier alpha value is -1.28. The molecule has 23 heavy (non-hydrogen) atoms. The van der Waals surface area contributed by atoms with Crippen LogP contribution in [0, 0.1) is 0 Å². The van der Waals surface area contributed by atoms with E-state index in [2.05, 4.69) is 10.0 Å². The summed E-state index contributed by atoms with van der Waals surface area (Å²) in [6, 6.07) is 11.5. The third-order valence-corrected chi connectivity index (χ3v) is 5.09. The molecule has 2 aromatic carbocycles. The Labute approximate surface area is 144 Å². The van der Waals surface area contributed by atoms with Crippen molar-refractivity contribution in [3.05, 3.63) is 41.4 Å². The number of benzene rings is 2. The fraction of sp³-hybridized carbons (Fsp3) is 0.267. The zero-order chi connectivity index (χ0) is 16.9. The molecule has 0 unspecified atom stereocenters. The van der Waals surface area contributed by atoms with Crippen LogP contribution in [0.15, 0.2) is 41.3 Å². The standard InChI is InChI=1S/C15H17ClN2O3S2/c1-23(20,21)18-9-8-17-14(19)10-22-13-7-3-5-11-4-2-6-12(16)15(11)13/h2-7,18H,8-10H2,1H3,(H,17,19). The first-order chi connectivity index (χ1) is 10.9. The summed E-state index contributed by atoms with van der Waals surface area (Å²) >= 11 is 7.64. The number of thioether (sulfide) groups is 1. The molecular weight excluding hydrogens is 356 g/mol. The van der Waals surface area contributed by atoms with Crippen LogP contribution in [0.2, 0.25) is 5.02 Å². The summed E-state index contributed by atoms with van der Waals surface area (Å²) in [5, 5.41) is 5.29. The maximum atomic E-state index is 11.8. The number of hydrogen-bond acceptors (Lipinski definition) is 4. The Morgan fingerprint density at radius 3 is 2.57 bits per heavy atom. The SMILES string of the molecule is CS(=O)(=O)NCCNC(=O)CSc1cccc2cccc(Cl)c12. The summed E-state index contributed by atoms with van der Waals surface area (Å²) in [5.41, 5.74) is 0. The van der Waals surface area contributed by atoms with Gasteiger partial charge in [0.2, 0.25) is 15.9 Å². The lowest BCUT2D eigenvalue weighted by Gasteiger charge is -2.09. The van der Waals surface area contributed by atoms with Crippen molar-refractivity contribution in [3.8, 4) is 0 Å². The fourth-order valence-corrected chi connectivity index (χ4v) is 3.76. The second-order valence-electron chi connectivity index (χ2n) is 4.90. The van der Waals surface area contributed by atoms with Crippen molar-refractivity contribution in [2.75, 3.05) is 25.1 Å². The van der Waals surface area contributed by atoms with E-state index < -0.39 is 10.0 Å². The van der Waals surface area contributed by atoms with Crippen LogP contribution in [-0.2, 0) is 14.8 Å². The monoisotopic (exact) mass is 372 g/mol. The summed E-state index contributed by atoms with van der Waals surface area (Å²) in [6.07, 6.45) is 1.08. The van der Waals surface area contributed by atoms with E-state index in [1.807, 2.05) is 36.4 Å². The van der Waals surface area contributed by atoms with Crippen molar-refractivity contribution in [2.24, 2.45) is 0 Å². The Morgan fingerprint density at radius 1 is 1.17 bits per heavy atom. The number of amides is 1. The normalized spacial score (nSPS) is 11.6. The first-order valence-corrected chi connectivity index (χ1v) is 10.1. The Balaban J connectivity index is 1.90. The van der Waals surface area contributed by atoms with Crippen molar-refractivity contribution in [3.63, 3.8) is 0 Å². The summed E-state index contributed by atoms with van der Waals surface area (Å²) in [7, 11) is -3.23. The lowest BCUT2D eigenvalue weighted by Crippen LogP contribution is -2.34. The van der Waals surface area contributed by atoms with Gasteiger partial charge >= 0.3 is 0 Å². The second-order valence-corrected chi connectivity index (χ2v) is 8.16. The second kappa shape index (κ2) is 8.01. The molecule has 0 spiro atoms. The minimum absolute atomic E-state index is 0.158. The van der Waals surface area contributed by atoms with Gasteiger partial charge in [-0.15, -0.1) is 11.8 Å². The van der Waals surface area contributed by atoms with Gasteiger partial charge in [0.15, 0.2) is 0 Å². The van der Waals surface area contributed by atoms with Gasteiger partial charge in [0.1, 0.15) is 0 Å². The number of halogens is 1. The Morgan fingerprint density at radius 2 is 1.87 bits per heavy atom. The summed E-state index contributed by atoms with van der Waals surface area (Å²) < 4.78 is 24.1. The number of hydrogen-bond donors (Lipinski definition) is 2. The van der Waals surface area contributed by atoms with E-state index in [0.29, 0.717) is 5.02 Å². The third-order valence-electron chi connectivity index (χ3n) is 2.99. The number of rotatable bonds is 7. The average Bonchev–Trinajstić information content (AvgIpc) is 2.49. The van der Waals surface area contributed by atoms with Crippen LogP contribution in [0.4, 0.5) is 0 Å². The molecule has 0 fully saturated rings. The van der Waals surface area contributed by atoms with Crippen molar-refractivity contribution in [2.45, 2.75) is 4.90 Å². The van der Waals surface area contributed by atoms with Gasteiger partial charge in [-0.3, -0.25) is 4.79 Å². The Bertz CT molecular complexity index is 804. The van der Waals surface area contributed by atoms with Crippen molar-refractivity contribution in [1.82, 2.24) is 10.0 Å². The van der Waals surface area contributed by atoms with Crippen LogP contribution in [0.1, 0.15) is 0 Å². The van der Waals surface area contributed by atoms with E-state index in [-0.39, 0.29) is 24.7 Å². The van der Waals surface area contributed by atoms with Crippen LogP contribution in [0.3, 0.4) is 0 Å². The lowest BCUT2D eigenvalue weighted by atomic mass is 10.1. The maximum Gasteiger partial charge on any atom is 0.230 e. The molecule has 2 aromatic rings. The zero-order valence-corrected chi connectivity index (χ0v) is 14.9. The van der Waals surface area contributed by atoms with Crippen LogP contribution >= 0.6 is 23.4 Å². The first-order valence-electron chi connectivity index (χ1n) is 6.88. The van der Waals surface area contributed by atoms with E-state index in [0.717, 1.165) is 21.9 Å². The number of fused-ring (bicyclic) bond motifs is 1. The number of carbonyl (C=O) groups excluding carboxylic acids is 1. The molecule has 0 atom stereocenters. The molecule has 0 bridgehead atoms. The largest absolute Gasteiger partial charge is 0.354 e. The van der Waals surface area contributed by atoms with E-state index >= 15 is 0 Å².